The molecule has 0 radical (unpaired) electrons. The second kappa shape index (κ2) is 10.3. The van der Waals surface area contributed by atoms with Crippen LogP contribution >= 0.6 is 11.1 Å². The van der Waals surface area contributed by atoms with Crippen LogP contribution in [0.3, 0.4) is 0 Å². The van der Waals surface area contributed by atoms with E-state index in [9.17, 15) is 0 Å². The van der Waals surface area contributed by atoms with Crippen LogP contribution in [0.1, 0.15) is 51.9 Å². The van der Waals surface area contributed by atoms with Crippen molar-refractivity contribution in [3.8, 4) is 0 Å². The third-order valence-corrected chi connectivity index (χ3v) is 4.92. The maximum absolute atomic E-state index is 5.98. The van der Waals surface area contributed by atoms with Gasteiger partial charge in [-0.25, -0.2) is 0 Å². The quantitative estimate of drug-likeness (QED) is 0.237. The van der Waals surface area contributed by atoms with Crippen molar-refractivity contribution in [2.24, 2.45) is 0 Å². The largest absolute Gasteiger partial charge is 0.176 e. The molecular weight excluding hydrogens is 196 g/mol. The summed E-state index contributed by atoms with van der Waals surface area (Å²) in [5.41, 5.74) is 0.806. The van der Waals surface area contributed by atoms with Crippen molar-refractivity contribution in [2.45, 2.75) is 57.4 Å². The zero-order valence-corrected chi connectivity index (χ0v) is 11.1. The van der Waals surface area contributed by atoms with Crippen LogP contribution in [-0.2, 0) is 0 Å². The summed E-state index contributed by atoms with van der Waals surface area (Å²) in [6.07, 6.45) is 11.4. The second-order valence-corrected chi connectivity index (χ2v) is 6.14. The molecule has 0 rings (SSSR count). The summed E-state index contributed by atoms with van der Waals surface area (Å²) < 4.78 is 0. The van der Waals surface area contributed by atoms with E-state index in [1.54, 1.807) is 0 Å². The standard InChI is InChI=1S/C11H23ClSi/c1-3-5-6-7-8-10-11(13-12)9-4-2/h4,11H,2-3,5-10,13H2,1H3. The second-order valence-electron chi connectivity index (χ2n) is 3.75. The van der Waals surface area contributed by atoms with E-state index in [2.05, 4.69) is 13.5 Å². The zero-order chi connectivity index (χ0) is 9.94. The molecule has 1 atom stereocenters. The van der Waals surface area contributed by atoms with E-state index in [0.717, 1.165) is 12.0 Å². The van der Waals surface area contributed by atoms with Gasteiger partial charge in [0.15, 0.2) is 0 Å². The lowest BCUT2D eigenvalue weighted by Gasteiger charge is -2.09. The normalized spacial score (nSPS) is 13.7. The molecule has 0 aliphatic heterocycles. The fraction of sp³-hybridized carbons (Fsp3) is 0.818. The van der Waals surface area contributed by atoms with Gasteiger partial charge in [-0.05, 0) is 12.0 Å². The number of allylic oxidation sites excluding steroid dienone is 1. The highest BCUT2D eigenvalue weighted by molar-refractivity contribution is 6.94. The molecule has 0 saturated heterocycles. The molecule has 0 aliphatic carbocycles. The van der Waals surface area contributed by atoms with E-state index in [-0.39, 0.29) is 8.83 Å². The zero-order valence-electron chi connectivity index (χ0n) is 8.90. The van der Waals surface area contributed by atoms with Gasteiger partial charge in [-0.1, -0.05) is 51.5 Å². The Morgan fingerprint density at radius 2 is 2.00 bits per heavy atom. The maximum Gasteiger partial charge on any atom is 0.128 e. The first-order valence-electron chi connectivity index (χ1n) is 5.52. The molecule has 0 nitrogen and oxygen atoms in total. The van der Waals surface area contributed by atoms with Crippen LogP contribution < -0.4 is 0 Å². The van der Waals surface area contributed by atoms with Gasteiger partial charge in [0.05, 0.1) is 0 Å². The van der Waals surface area contributed by atoms with E-state index < -0.39 is 0 Å². The SMILES string of the molecule is C=CCC(CCCCCCC)[SiH2]Cl. The van der Waals surface area contributed by atoms with E-state index in [1.165, 1.54) is 38.5 Å². The Labute approximate surface area is 90.3 Å². The Morgan fingerprint density at radius 3 is 2.54 bits per heavy atom. The number of hydrogen-bond acceptors (Lipinski definition) is 0. The predicted octanol–water partition coefficient (Wildman–Crippen LogP) is 4.03. The molecule has 0 aromatic carbocycles. The summed E-state index contributed by atoms with van der Waals surface area (Å²) in [6, 6.07) is 0. The van der Waals surface area contributed by atoms with Gasteiger partial charge in [0, 0.05) is 0 Å². The van der Waals surface area contributed by atoms with Gasteiger partial charge in [-0.3, -0.25) is 0 Å². The minimum atomic E-state index is -0.322. The monoisotopic (exact) mass is 218 g/mol. The summed E-state index contributed by atoms with van der Waals surface area (Å²) in [5, 5.41) is 0. The third kappa shape index (κ3) is 8.57. The number of hydrogen-bond donors (Lipinski definition) is 0. The molecule has 2 heteroatoms. The first kappa shape index (κ1) is 13.2. The average Bonchev–Trinajstić information content (AvgIpc) is 2.16. The van der Waals surface area contributed by atoms with Crippen molar-refractivity contribution in [3.63, 3.8) is 0 Å². The van der Waals surface area contributed by atoms with Gasteiger partial charge in [-0.2, -0.15) is 11.1 Å². The molecule has 0 spiro atoms. The van der Waals surface area contributed by atoms with E-state index in [0.29, 0.717) is 0 Å². The molecule has 0 heterocycles. The highest BCUT2D eigenvalue weighted by Crippen LogP contribution is 2.20. The van der Waals surface area contributed by atoms with Gasteiger partial charge in [0.25, 0.3) is 0 Å². The van der Waals surface area contributed by atoms with Gasteiger partial charge >= 0.3 is 0 Å². The van der Waals surface area contributed by atoms with Crippen LogP contribution in [0.4, 0.5) is 0 Å². The van der Waals surface area contributed by atoms with Crippen LogP contribution in [0.25, 0.3) is 0 Å². The molecule has 0 bridgehead atoms. The van der Waals surface area contributed by atoms with Crippen LogP contribution in [0.5, 0.6) is 0 Å². The topological polar surface area (TPSA) is 0 Å². The van der Waals surface area contributed by atoms with E-state index in [1.807, 2.05) is 6.08 Å². The smallest absolute Gasteiger partial charge is 0.128 e. The first-order chi connectivity index (χ1) is 6.35. The lowest BCUT2D eigenvalue weighted by atomic mass is 10.1. The molecule has 13 heavy (non-hydrogen) atoms. The molecule has 0 aromatic heterocycles. The number of unbranched alkanes of at least 4 members (excludes halogenated alkanes) is 4. The van der Waals surface area contributed by atoms with E-state index >= 15 is 0 Å². The number of halogens is 1. The highest BCUT2D eigenvalue weighted by atomic mass is 35.6. The summed E-state index contributed by atoms with van der Waals surface area (Å²) in [5.74, 6) is 0. The van der Waals surface area contributed by atoms with Gasteiger partial charge in [0.2, 0.25) is 0 Å². The van der Waals surface area contributed by atoms with Gasteiger partial charge in [0.1, 0.15) is 8.83 Å². The molecule has 0 aromatic rings. The maximum atomic E-state index is 5.98. The lowest BCUT2D eigenvalue weighted by molar-refractivity contribution is 0.591. The van der Waals surface area contributed by atoms with Crippen LogP contribution in [0.2, 0.25) is 5.54 Å². The summed E-state index contributed by atoms with van der Waals surface area (Å²) in [7, 11) is -0.322. The Balaban J connectivity index is 3.22. The van der Waals surface area contributed by atoms with Gasteiger partial charge in [-0.15, -0.1) is 6.58 Å². The fourth-order valence-electron chi connectivity index (χ4n) is 1.53. The Bertz CT molecular complexity index is 115. The number of rotatable bonds is 9. The Morgan fingerprint density at radius 1 is 1.31 bits per heavy atom. The molecule has 78 valence electrons. The van der Waals surface area contributed by atoms with Crippen molar-refractivity contribution in [1.29, 1.82) is 0 Å². The van der Waals surface area contributed by atoms with Crippen molar-refractivity contribution in [1.82, 2.24) is 0 Å². The lowest BCUT2D eigenvalue weighted by Crippen LogP contribution is -1.96. The first-order valence-corrected chi connectivity index (χ1v) is 8.47. The molecule has 0 fully saturated rings. The minimum Gasteiger partial charge on any atom is -0.176 e. The van der Waals surface area contributed by atoms with Crippen LogP contribution in [-0.4, -0.2) is 8.83 Å². The Kier molecular flexibility index (Phi) is 10.5. The van der Waals surface area contributed by atoms with Crippen molar-refractivity contribution >= 4 is 19.9 Å². The highest BCUT2D eigenvalue weighted by Gasteiger charge is 2.04. The average molecular weight is 219 g/mol. The summed E-state index contributed by atoms with van der Waals surface area (Å²) >= 11 is 5.98. The molecule has 1 unspecified atom stereocenters. The van der Waals surface area contributed by atoms with Crippen molar-refractivity contribution in [2.75, 3.05) is 0 Å². The minimum absolute atomic E-state index is 0.322. The molecular formula is C11H23ClSi. The van der Waals surface area contributed by atoms with Gasteiger partial charge < -0.3 is 0 Å². The molecule has 0 amide bonds. The molecule has 0 saturated carbocycles. The third-order valence-electron chi connectivity index (χ3n) is 2.43. The van der Waals surface area contributed by atoms with Crippen LogP contribution in [0.15, 0.2) is 12.7 Å². The van der Waals surface area contributed by atoms with Crippen LogP contribution in [0, 0.1) is 0 Å². The molecule has 0 aliphatic rings. The van der Waals surface area contributed by atoms with E-state index in [4.69, 9.17) is 11.1 Å². The predicted molar refractivity (Wildman–Crippen MR) is 66.3 cm³/mol. The van der Waals surface area contributed by atoms with Crippen molar-refractivity contribution in [3.05, 3.63) is 12.7 Å². The fourth-order valence-corrected chi connectivity index (χ4v) is 3.18. The summed E-state index contributed by atoms with van der Waals surface area (Å²) in [4.78, 5) is 0. The molecule has 0 N–H and O–H groups in total. The van der Waals surface area contributed by atoms with Crippen molar-refractivity contribution < 1.29 is 0 Å². The Hall–Kier alpha value is 0.247. The summed E-state index contributed by atoms with van der Waals surface area (Å²) in [6.45, 7) is 6.03.